The second kappa shape index (κ2) is 15.7. The van der Waals surface area contributed by atoms with E-state index in [1.807, 2.05) is 6.08 Å². The number of hydrogen-bond acceptors (Lipinski definition) is 1. The third-order valence-electron chi connectivity index (χ3n) is 10.7. The smallest absolute Gasteiger partial charge is 0.0541 e. The number of benzene rings is 8. The van der Waals surface area contributed by atoms with Crippen LogP contribution in [0, 0.1) is 0 Å². The molecule has 0 amide bonds. The maximum absolute atomic E-state index is 4.25. The van der Waals surface area contributed by atoms with E-state index in [0.717, 1.165) is 45.1 Å². The fraction of sp³-hybridized carbons (Fsp3) is 0.0182. The fourth-order valence-corrected chi connectivity index (χ4v) is 7.98. The van der Waals surface area contributed by atoms with Crippen molar-refractivity contribution in [2.24, 2.45) is 0 Å². The van der Waals surface area contributed by atoms with Gasteiger partial charge in [-0.05, 0) is 100 Å². The molecule has 272 valence electrons. The first-order valence-electron chi connectivity index (χ1n) is 19.5. The molecule has 2 nitrogen and oxygen atoms in total. The normalized spacial score (nSPS) is 11.2. The van der Waals surface area contributed by atoms with E-state index in [4.69, 9.17) is 0 Å². The molecule has 0 radical (unpaired) electrons. The van der Waals surface area contributed by atoms with E-state index in [9.17, 15) is 0 Å². The Labute approximate surface area is 335 Å². The molecule has 9 aromatic rings. The van der Waals surface area contributed by atoms with E-state index in [1.165, 1.54) is 44.3 Å². The Bertz CT molecular complexity index is 2830. The second-order valence-electron chi connectivity index (χ2n) is 14.2. The van der Waals surface area contributed by atoms with Crippen LogP contribution in [-0.2, 0) is 0 Å². The maximum atomic E-state index is 4.25. The average molecular weight is 731 g/mol. The van der Waals surface area contributed by atoms with Gasteiger partial charge in [-0.2, -0.15) is 0 Å². The van der Waals surface area contributed by atoms with Crippen molar-refractivity contribution in [2.45, 2.75) is 6.92 Å². The summed E-state index contributed by atoms with van der Waals surface area (Å²) in [7, 11) is 0. The highest BCUT2D eigenvalue weighted by Crippen LogP contribution is 2.43. The number of anilines is 3. The van der Waals surface area contributed by atoms with Gasteiger partial charge in [-0.3, -0.25) is 0 Å². The monoisotopic (exact) mass is 730 g/mol. The molecular formula is C55H42N2. The molecule has 0 bridgehead atoms. The zero-order valence-electron chi connectivity index (χ0n) is 32.0. The van der Waals surface area contributed by atoms with Crippen LogP contribution in [0.1, 0.15) is 18.2 Å². The third-order valence-corrected chi connectivity index (χ3v) is 10.7. The number of hydrogen-bond donors (Lipinski definition) is 0. The summed E-state index contributed by atoms with van der Waals surface area (Å²) in [6.45, 7) is 6.31. The number of allylic oxidation sites excluding steroid dienone is 1. The van der Waals surface area contributed by atoms with Crippen molar-refractivity contribution in [3.63, 3.8) is 0 Å². The summed E-state index contributed by atoms with van der Waals surface area (Å²) in [5.41, 5.74) is 17.2. The zero-order valence-corrected chi connectivity index (χ0v) is 32.0. The first kappa shape index (κ1) is 35.3. The minimum absolute atomic E-state index is 1.08. The van der Waals surface area contributed by atoms with Crippen molar-refractivity contribution in [1.82, 2.24) is 4.57 Å². The van der Waals surface area contributed by atoms with E-state index in [0.29, 0.717) is 0 Å². The van der Waals surface area contributed by atoms with E-state index in [2.05, 4.69) is 241 Å². The average Bonchev–Trinajstić information content (AvgIpc) is 3.61. The fourth-order valence-electron chi connectivity index (χ4n) is 7.98. The van der Waals surface area contributed by atoms with Crippen molar-refractivity contribution < 1.29 is 0 Å². The van der Waals surface area contributed by atoms with Crippen LogP contribution in [0.3, 0.4) is 0 Å². The Kier molecular flexibility index (Phi) is 9.75. The van der Waals surface area contributed by atoms with Gasteiger partial charge >= 0.3 is 0 Å². The predicted octanol–water partition coefficient (Wildman–Crippen LogP) is 15.4. The predicted molar refractivity (Wildman–Crippen MR) is 245 cm³/mol. The third kappa shape index (κ3) is 6.90. The maximum Gasteiger partial charge on any atom is 0.0541 e. The van der Waals surface area contributed by atoms with Crippen molar-refractivity contribution in [3.05, 3.63) is 230 Å². The van der Waals surface area contributed by atoms with Gasteiger partial charge in [0, 0.05) is 33.6 Å². The van der Waals surface area contributed by atoms with Crippen LogP contribution in [0.5, 0.6) is 0 Å². The van der Waals surface area contributed by atoms with Crippen LogP contribution >= 0.6 is 0 Å². The van der Waals surface area contributed by atoms with Gasteiger partial charge in [-0.15, -0.1) is 0 Å². The first-order valence-corrected chi connectivity index (χ1v) is 19.5. The molecule has 1 aromatic heterocycles. The minimum Gasteiger partial charge on any atom is -0.310 e. The number of fused-ring (bicyclic) bond motifs is 1. The van der Waals surface area contributed by atoms with Gasteiger partial charge in [0.15, 0.2) is 0 Å². The summed E-state index contributed by atoms with van der Waals surface area (Å²) in [5.74, 6) is 0. The van der Waals surface area contributed by atoms with E-state index >= 15 is 0 Å². The lowest BCUT2D eigenvalue weighted by Crippen LogP contribution is -2.11. The van der Waals surface area contributed by atoms with Crippen LogP contribution in [0.25, 0.3) is 73.2 Å². The molecule has 0 aliphatic carbocycles. The highest BCUT2D eigenvalue weighted by atomic mass is 15.1. The molecule has 0 spiro atoms. The van der Waals surface area contributed by atoms with Crippen LogP contribution in [-0.4, -0.2) is 4.57 Å². The summed E-state index contributed by atoms with van der Waals surface area (Å²) >= 11 is 0. The summed E-state index contributed by atoms with van der Waals surface area (Å²) in [6, 6.07) is 74.0. The Balaban J connectivity index is 1.14. The Morgan fingerprint density at radius 2 is 0.930 bits per heavy atom. The molecule has 1 heterocycles. The molecule has 0 fully saturated rings. The zero-order chi connectivity index (χ0) is 38.6. The molecule has 0 aliphatic heterocycles. The second-order valence-corrected chi connectivity index (χ2v) is 14.2. The molecule has 8 aromatic carbocycles. The van der Waals surface area contributed by atoms with E-state index in [1.54, 1.807) is 0 Å². The molecule has 0 unspecified atom stereocenters. The van der Waals surface area contributed by atoms with Crippen molar-refractivity contribution in [1.29, 1.82) is 0 Å². The van der Waals surface area contributed by atoms with Crippen molar-refractivity contribution in [2.75, 3.05) is 4.90 Å². The van der Waals surface area contributed by atoms with Gasteiger partial charge in [-0.25, -0.2) is 0 Å². The quantitative estimate of drug-likeness (QED) is 0.136. The standard InChI is InChI=1S/C55H42N2/c1-3-16-51-52-24-12-14-26-55(52)57(53(51)4-2)49-22-15-21-46(39-49)50-23-11-13-25-54(50)56(47-35-31-44(32-36-47)41-19-9-6-10-20-41)48-37-33-45(34-38-48)43-29-27-42(28-30-43)40-17-7-5-8-18-40/h3-39H,2H2,1H3/b16-3-. The number of aromatic nitrogens is 1. The lowest BCUT2D eigenvalue weighted by atomic mass is 9.99. The van der Waals surface area contributed by atoms with Crippen molar-refractivity contribution >= 4 is 40.1 Å². The molecule has 0 saturated carbocycles. The van der Waals surface area contributed by atoms with Gasteiger partial charge < -0.3 is 9.47 Å². The Morgan fingerprint density at radius 1 is 0.456 bits per heavy atom. The SMILES string of the molecule is C=Cc1c(/C=C\C)c2ccccc2n1-c1cccc(-c2ccccc2N(c2ccc(-c3ccccc3)cc2)c2ccc(-c3ccc(-c4ccccc4)cc3)cc2)c1. The number of para-hydroxylation sites is 2. The lowest BCUT2D eigenvalue weighted by molar-refractivity contribution is 1.11. The minimum atomic E-state index is 1.08. The molecule has 2 heteroatoms. The molecule has 0 aliphatic rings. The Morgan fingerprint density at radius 3 is 1.49 bits per heavy atom. The van der Waals surface area contributed by atoms with Crippen molar-refractivity contribution in [3.8, 4) is 50.2 Å². The summed E-state index contributed by atoms with van der Waals surface area (Å²) in [4.78, 5) is 2.38. The van der Waals surface area contributed by atoms with Crippen LogP contribution in [0.15, 0.2) is 219 Å². The van der Waals surface area contributed by atoms with E-state index in [-0.39, 0.29) is 0 Å². The molecule has 57 heavy (non-hydrogen) atoms. The Hall–Kier alpha value is -7.42. The van der Waals surface area contributed by atoms with E-state index < -0.39 is 0 Å². The highest BCUT2D eigenvalue weighted by molar-refractivity contribution is 5.96. The van der Waals surface area contributed by atoms with Gasteiger partial charge in [-0.1, -0.05) is 176 Å². The van der Waals surface area contributed by atoms with Crippen LogP contribution < -0.4 is 4.90 Å². The molecule has 0 saturated heterocycles. The van der Waals surface area contributed by atoms with Crippen LogP contribution in [0.2, 0.25) is 0 Å². The summed E-state index contributed by atoms with van der Waals surface area (Å²) in [5, 5.41) is 1.21. The molecule has 0 N–H and O–H groups in total. The molecule has 9 rings (SSSR count). The molecule has 0 atom stereocenters. The lowest BCUT2D eigenvalue weighted by Gasteiger charge is -2.28. The summed E-state index contributed by atoms with van der Waals surface area (Å²) in [6.07, 6.45) is 6.25. The van der Waals surface area contributed by atoms with Gasteiger partial charge in [0.2, 0.25) is 0 Å². The number of nitrogens with zero attached hydrogens (tertiary/aromatic N) is 2. The molecular weight excluding hydrogens is 689 g/mol. The van der Waals surface area contributed by atoms with Gasteiger partial charge in [0.1, 0.15) is 0 Å². The van der Waals surface area contributed by atoms with Gasteiger partial charge in [0.05, 0.1) is 16.9 Å². The topological polar surface area (TPSA) is 8.17 Å². The highest BCUT2D eigenvalue weighted by Gasteiger charge is 2.19. The largest absolute Gasteiger partial charge is 0.310 e. The number of rotatable bonds is 10. The van der Waals surface area contributed by atoms with Gasteiger partial charge in [0.25, 0.3) is 0 Å². The van der Waals surface area contributed by atoms with Crippen LogP contribution in [0.4, 0.5) is 17.1 Å². The summed E-state index contributed by atoms with van der Waals surface area (Å²) < 4.78 is 2.33. The first-order chi connectivity index (χ1) is 28.2.